The maximum absolute atomic E-state index is 5.53. The Kier molecular flexibility index (Phi) is 4.27. The first kappa shape index (κ1) is 15.1. The van der Waals surface area contributed by atoms with Gasteiger partial charge < -0.3 is 14.0 Å². The van der Waals surface area contributed by atoms with Crippen molar-refractivity contribution in [1.82, 2.24) is 24.3 Å². The van der Waals surface area contributed by atoms with E-state index in [0.717, 1.165) is 11.4 Å². The van der Waals surface area contributed by atoms with E-state index in [-0.39, 0.29) is 6.04 Å². The predicted octanol–water partition coefficient (Wildman–Crippen LogP) is 2.42. The quantitative estimate of drug-likeness (QED) is 0.699. The first-order chi connectivity index (χ1) is 11.2. The van der Waals surface area contributed by atoms with Crippen molar-refractivity contribution in [2.75, 3.05) is 14.2 Å². The Morgan fingerprint density at radius 1 is 1.22 bits per heavy atom. The molecule has 0 fully saturated rings. The lowest BCUT2D eigenvalue weighted by atomic mass is 10.1. The summed E-state index contributed by atoms with van der Waals surface area (Å²) < 4.78 is 14.8. The summed E-state index contributed by atoms with van der Waals surface area (Å²) >= 11 is 0. The zero-order valence-corrected chi connectivity index (χ0v) is 13.4. The van der Waals surface area contributed by atoms with Gasteiger partial charge in [0, 0.05) is 12.4 Å². The Labute approximate surface area is 134 Å². The molecule has 7 heteroatoms. The molecule has 0 aliphatic rings. The molecule has 0 saturated carbocycles. The lowest BCUT2D eigenvalue weighted by Crippen LogP contribution is -2.14. The zero-order chi connectivity index (χ0) is 16.2. The maximum atomic E-state index is 5.53. The van der Waals surface area contributed by atoms with Gasteiger partial charge in [0.05, 0.1) is 32.4 Å². The average Bonchev–Trinajstić information content (AvgIpc) is 3.25. The van der Waals surface area contributed by atoms with Gasteiger partial charge in [0.2, 0.25) is 0 Å². The van der Waals surface area contributed by atoms with E-state index >= 15 is 0 Å². The van der Waals surface area contributed by atoms with Crippen molar-refractivity contribution in [3.05, 3.63) is 43.2 Å². The van der Waals surface area contributed by atoms with Crippen LogP contribution in [-0.2, 0) is 6.54 Å². The molecule has 0 aliphatic carbocycles. The molecule has 1 aromatic carbocycles. The Hall–Kier alpha value is -2.83. The van der Waals surface area contributed by atoms with E-state index < -0.39 is 0 Å². The fraction of sp³-hybridized carbons (Fsp3) is 0.312. The number of hydrogen-bond donors (Lipinski definition) is 0. The highest BCUT2D eigenvalue weighted by Gasteiger charge is 2.18. The number of ether oxygens (including phenoxy) is 2. The van der Waals surface area contributed by atoms with Gasteiger partial charge in [-0.3, -0.25) is 4.68 Å². The molecule has 120 valence electrons. The highest BCUT2D eigenvalue weighted by molar-refractivity contribution is 5.69. The van der Waals surface area contributed by atoms with Crippen LogP contribution in [0.2, 0.25) is 0 Å². The number of benzene rings is 1. The third-order valence-electron chi connectivity index (χ3n) is 3.71. The van der Waals surface area contributed by atoms with Crippen LogP contribution in [0.1, 0.15) is 13.0 Å². The topological polar surface area (TPSA) is 67.0 Å². The summed E-state index contributed by atoms with van der Waals surface area (Å²) in [4.78, 5) is 8.48. The average molecular weight is 313 g/mol. The van der Waals surface area contributed by atoms with Gasteiger partial charge in [-0.1, -0.05) is 6.07 Å². The van der Waals surface area contributed by atoms with Crippen LogP contribution in [0.5, 0.6) is 11.5 Å². The third-order valence-corrected chi connectivity index (χ3v) is 3.71. The minimum atomic E-state index is 0.158. The summed E-state index contributed by atoms with van der Waals surface area (Å²) in [6, 6.07) is 5.93. The second kappa shape index (κ2) is 6.51. The fourth-order valence-corrected chi connectivity index (χ4v) is 2.63. The predicted molar refractivity (Wildman–Crippen MR) is 85.5 cm³/mol. The van der Waals surface area contributed by atoms with E-state index in [0.29, 0.717) is 18.0 Å². The van der Waals surface area contributed by atoms with Crippen LogP contribution in [0.15, 0.2) is 43.2 Å². The molecule has 0 spiro atoms. The van der Waals surface area contributed by atoms with Gasteiger partial charge in [-0.2, -0.15) is 5.10 Å². The van der Waals surface area contributed by atoms with Gasteiger partial charge in [-0.05, 0) is 19.1 Å². The van der Waals surface area contributed by atoms with Crippen LogP contribution in [0.25, 0.3) is 11.4 Å². The molecule has 2 heterocycles. The van der Waals surface area contributed by atoms with Gasteiger partial charge in [-0.15, -0.1) is 0 Å². The Balaban J connectivity index is 1.98. The molecule has 0 bridgehead atoms. The van der Waals surface area contributed by atoms with Crippen molar-refractivity contribution in [3.63, 3.8) is 0 Å². The molecule has 2 aromatic heterocycles. The van der Waals surface area contributed by atoms with Gasteiger partial charge >= 0.3 is 0 Å². The standard InChI is InChI=1S/C16H19N5O2/c1-12(9-20-11-17-10-19-20)21-8-7-18-16(21)13-5-4-6-14(22-2)15(13)23-3/h4-8,10-12H,9H2,1-3H3. The first-order valence-electron chi connectivity index (χ1n) is 7.31. The van der Waals surface area contributed by atoms with E-state index in [4.69, 9.17) is 9.47 Å². The molecule has 1 atom stereocenters. The van der Waals surface area contributed by atoms with Crippen molar-refractivity contribution in [3.8, 4) is 22.9 Å². The van der Waals surface area contributed by atoms with E-state index in [1.54, 1.807) is 31.4 Å². The van der Waals surface area contributed by atoms with Gasteiger partial charge in [-0.25, -0.2) is 9.97 Å². The monoisotopic (exact) mass is 313 g/mol. The van der Waals surface area contributed by atoms with E-state index in [9.17, 15) is 0 Å². The van der Waals surface area contributed by atoms with Gasteiger partial charge in [0.1, 0.15) is 18.5 Å². The van der Waals surface area contributed by atoms with E-state index in [1.807, 2.05) is 24.4 Å². The van der Waals surface area contributed by atoms with Crippen molar-refractivity contribution < 1.29 is 9.47 Å². The molecule has 7 nitrogen and oxygen atoms in total. The minimum Gasteiger partial charge on any atom is -0.493 e. The highest BCUT2D eigenvalue weighted by atomic mass is 16.5. The van der Waals surface area contributed by atoms with Gasteiger partial charge in [0.15, 0.2) is 11.5 Å². The highest BCUT2D eigenvalue weighted by Crippen LogP contribution is 2.37. The summed E-state index contributed by atoms with van der Waals surface area (Å²) in [6.07, 6.45) is 6.98. The summed E-state index contributed by atoms with van der Waals surface area (Å²) in [7, 11) is 3.26. The van der Waals surface area contributed by atoms with E-state index in [1.165, 1.54) is 6.33 Å². The summed E-state index contributed by atoms with van der Waals surface area (Å²) in [5, 5.41) is 4.16. The molecular weight excluding hydrogens is 294 g/mol. The zero-order valence-electron chi connectivity index (χ0n) is 13.4. The van der Waals surface area contributed by atoms with E-state index in [2.05, 4.69) is 26.6 Å². The second-order valence-corrected chi connectivity index (χ2v) is 5.17. The number of methoxy groups -OCH3 is 2. The molecule has 3 aromatic rings. The van der Waals surface area contributed by atoms with Crippen molar-refractivity contribution in [2.45, 2.75) is 19.5 Å². The molecule has 23 heavy (non-hydrogen) atoms. The number of nitrogens with zero attached hydrogens (tertiary/aromatic N) is 5. The molecule has 0 amide bonds. The van der Waals surface area contributed by atoms with Gasteiger partial charge in [0.25, 0.3) is 0 Å². The summed E-state index contributed by atoms with van der Waals surface area (Å²) in [5.74, 6) is 2.19. The maximum Gasteiger partial charge on any atom is 0.171 e. The number of imidazole rings is 1. The lowest BCUT2D eigenvalue weighted by molar-refractivity contribution is 0.355. The summed E-state index contributed by atoms with van der Waals surface area (Å²) in [6.45, 7) is 2.81. The molecule has 0 N–H and O–H groups in total. The van der Waals surface area contributed by atoms with Crippen molar-refractivity contribution >= 4 is 0 Å². The van der Waals surface area contributed by atoms with Crippen LogP contribution in [0.4, 0.5) is 0 Å². The smallest absolute Gasteiger partial charge is 0.171 e. The largest absolute Gasteiger partial charge is 0.493 e. The SMILES string of the molecule is COc1cccc(-c2nccn2C(C)Cn2cncn2)c1OC. The lowest BCUT2D eigenvalue weighted by Gasteiger charge is -2.18. The number of hydrogen-bond acceptors (Lipinski definition) is 5. The molecule has 0 radical (unpaired) electrons. The van der Waals surface area contributed by atoms with Crippen molar-refractivity contribution in [1.29, 1.82) is 0 Å². The Morgan fingerprint density at radius 3 is 2.78 bits per heavy atom. The Bertz CT molecular complexity index is 767. The number of rotatable bonds is 6. The fourth-order valence-electron chi connectivity index (χ4n) is 2.63. The van der Waals surface area contributed by atoms with Crippen LogP contribution in [0, 0.1) is 0 Å². The molecular formula is C16H19N5O2. The number of aromatic nitrogens is 5. The Morgan fingerprint density at radius 2 is 2.09 bits per heavy atom. The number of para-hydroxylation sites is 1. The van der Waals surface area contributed by atoms with Crippen LogP contribution < -0.4 is 9.47 Å². The van der Waals surface area contributed by atoms with Crippen molar-refractivity contribution in [2.24, 2.45) is 0 Å². The minimum absolute atomic E-state index is 0.158. The molecule has 3 rings (SSSR count). The third kappa shape index (κ3) is 2.90. The van der Waals surface area contributed by atoms with Crippen LogP contribution in [0.3, 0.4) is 0 Å². The molecule has 0 saturated heterocycles. The molecule has 1 unspecified atom stereocenters. The van der Waals surface area contributed by atoms with Crippen LogP contribution in [-0.4, -0.2) is 38.5 Å². The summed E-state index contributed by atoms with van der Waals surface area (Å²) in [5.41, 5.74) is 0.891. The molecule has 0 aliphatic heterocycles. The normalized spacial score (nSPS) is 12.1. The van der Waals surface area contributed by atoms with Crippen LogP contribution >= 0.6 is 0 Å². The second-order valence-electron chi connectivity index (χ2n) is 5.17. The first-order valence-corrected chi connectivity index (χ1v) is 7.31.